The topological polar surface area (TPSA) is 0 Å². The van der Waals surface area contributed by atoms with Crippen LogP contribution in [0.25, 0.3) is 0 Å². The second-order valence-corrected chi connectivity index (χ2v) is 2.26. The van der Waals surface area contributed by atoms with Gasteiger partial charge in [-0.1, -0.05) is 22.5 Å². The van der Waals surface area contributed by atoms with E-state index in [0.717, 1.165) is 0 Å². The lowest BCUT2D eigenvalue weighted by molar-refractivity contribution is -0.169. The van der Waals surface area contributed by atoms with Crippen molar-refractivity contribution in [3.05, 3.63) is 12.2 Å². The Morgan fingerprint density at radius 3 is 2.00 bits per heavy atom. The second-order valence-electron chi connectivity index (χ2n) is 1.70. The Morgan fingerprint density at radius 1 is 1.50 bits per heavy atom. The van der Waals surface area contributed by atoms with Gasteiger partial charge in [-0.15, -0.1) is 0 Å². The van der Waals surface area contributed by atoms with Crippen LogP contribution in [0.5, 0.6) is 0 Å². The second kappa shape index (κ2) is 3.37. The lowest BCUT2D eigenvalue weighted by Crippen LogP contribution is -2.26. The van der Waals surface area contributed by atoms with Crippen molar-refractivity contribution >= 4 is 15.9 Å². The molecule has 0 N–H and O–H groups in total. The minimum atomic E-state index is -4.81. The van der Waals surface area contributed by atoms with Crippen molar-refractivity contribution in [2.24, 2.45) is 0 Å². The molecule has 0 bridgehead atoms. The Kier molecular flexibility index (Phi) is 3.35. The molecule has 0 aromatic heterocycles. The largest absolute Gasteiger partial charge is 0.423 e. The zero-order chi connectivity index (χ0) is 8.36. The molecule has 0 aliphatic heterocycles. The molecule has 0 radical (unpaired) electrons. The summed E-state index contributed by atoms with van der Waals surface area (Å²) in [7, 11) is 0. The van der Waals surface area contributed by atoms with E-state index in [1.165, 1.54) is 0 Å². The Hall–Kier alpha value is -0.0600. The third kappa shape index (κ3) is 2.68. The van der Waals surface area contributed by atoms with Gasteiger partial charge in [0.25, 0.3) is 0 Å². The van der Waals surface area contributed by atoms with E-state index in [-0.39, 0.29) is 5.33 Å². The summed E-state index contributed by atoms with van der Waals surface area (Å²) >= 11 is 2.67. The van der Waals surface area contributed by atoms with Gasteiger partial charge in [-0.05, 0) is 5.57 Å². The van der Waals surface area contributed by atoms with Crippen LogP contribution in [0, 0.1) is 0 Å². The molecule has 0 amide bonds. The smallest absolute Gasteiger partial charge is 0.233 e. The predicted molar refractivity (Wildman–Crippen MR) is 33.9 cm³/mol. The third-order valence-corrected chi connectivity index (χ3v) is 1.54. The van der Waals surface area contributed by atoms with Crippen LogP contribution in [-0.2, 0) is 0 Å². The Morgan fingerprint density at radius 2 is 1.90 bits per heavy atom. The minimum Gasteiger partial charge on any atom is -0.233 e. The average Bonchev–Trinajstić information content (AvgIpc) is 1.83. The molecule has 0 aliphatic rings. The zero-order valence-corrected chi connectivity index (χ0v) is 6.47. The Balaban J connectivity index is 4.08. The highest BCUT2D eigenvalue weighted by Crippen LogP contribution is 2.27. The Bertz CT molecular complexity index is 128. The van der Waals surface area contributed by atoms with Crippen LogP contribution < -0.4 is 0 Å². The van der Waals surface area contributed by atoms with E-state index >= 15 is 0 Å². The van der Waals surface area contributed by atoms with Crippen molar-refractivity contribution in [1.82, 2.24) is 0 Å². The number of alkyl halides is 5. The van der Waals surface area contributed by atoms with Crippen LogP contribution in [0.1, 0.15) is 0 Å². The fourth-order valence-corrected chi connectivity index (χ4v) is 0.583. The van der Waals surface area contributed by atoms with E-state index < -0.39 is 17.9 Å². The van der Waals surface area contributed by atoms with E-state index in [9.17, 15) is 17.6 Å². The normalized spacial score (nSPS) is 14.9. The summed E-state index contributed by atoms with van der Waals surface area (Å²) < 4.78 is 46.3. The fourth-order valence-electron chi connectivity index (χ4n) is 0.299. The van der Waals surface area contributed by atoms with Crippen molar-refractivity contribution in [3.63, 3.8) is 0 Å². The van der Waals surface area contributed by atoms with Gasteiger partial charge >= 0.3 is 6.18 Å². The van der Waals surface area contributed by atoms with Crippen molar-refractivity contribution in [2.75, 3.05) is 5.33 Å². The van der Waals surface area contributed by atoms with Crippen LogP contribution in [0.4, 0.5) is 17.6 Å². The van der Waals surface area contributed by atoms with E-state index in [2.05, 4.69) is 22.5 Å². The number of halogens is 5. The van der Waals surface area contributed by atoms with Crippen molar-refractivity contribution in [2.45, 2.75) is 12.3 Å². The summed E-state index contributed by atoms with van der Waals surface area (Å²) in [4.78, 5) is 0. The van der Waals surface area contributed by atoms with Gasteiger partial charge in [0.15, 0.2) is 0 Å². The SMILES string of the molecule is C=C(CBr)C(F)C(F)(F)F. The maximum Gasteiger partial charge on any atom is 0.423 e. The molecule has 1 unspecified atom stereocenters. The van der Waals surface area contributed by atoms with Crippen LogP contribution in [0.15, 0.2) is 12.2 Å². The van der Waals surface area contributed by atoms with E-state index in [4.69, 9.17) is 0 Å². The van der Waals surface area contributed by atoms with Gasteiger partial charge in [0, 0.05) is 5.33 Å². The lowest BCUT2D eigenvalue weighted by Gasteiger charge is -2.12. The minimum absolute atomic E-state index is 0.173. The molecule has 0 spiro atoms. The standard InChI is InChI=1S/C5H5BrF4/c1-3(2-6)4(7)5(8,9)10/h4H,1-2H2. The molecule has 0 rings (SSSR count). The molecule has 5 heteroatoms. The van der Waals surface area contributed by atoms with Gasteiger partial charge in [-0.2, -0.15) is 13.2 Å². The molecule has 1 atom stereocenters. The first kappa shape index (κ1) is 9.94. The zero-order valence-electron chi connectivity index (χ0n) is 4.88. The van der Waals surface area contributed by atoms with Crippen LogP contribution in [-0.4, -0.2) is 17.7 Å². The first-order valence-electron chi connectivity index (χ1n) is 2.34. The molecule has 0 heterocycles. The van der Waals surface area contributed by atoms with Gasteiger partial charge in [0.1, 0.15) is 0 Å². The highest BCUT2D eigenvalue weighted by molar-refractivity contribution is 9.09. The number of rotatable bonds is 2. The predicted octanol–water partition coefficient (Wildman–Crippen LogP) is 2.84. The quantitative estimate of drug-likeness (QED) is 0.382. The molecule has 0 aliphatic carbocycles. The van der Waals surface area contributed by atoms with Gasteiger partial charge in [0.05, 0.1) is 0 Å². The monoisotopic (exact) mass is 220 g/mol. The molecular weight excluding hydrogens is 216 g/mol. The first-order valence-corrected chi connectivity index (χ1v) is 3.46. The van der Waals surface area contributed by atoms with Crippen molar-refractivity contribution < 1.29 is 17.6 Å². The molecule has 0 nitrogen and oxygen atoms in total. The van der Waals surface area contributed by atoms with E-state index in [1.807, 2.05) is 0 Å². The third-order valence-electron chi connectivity index (χ3n) is 0.817. The van der Waals surface area contributed by atoms with E-state index in [0.29, 0.717) is 0 Å². The highest BCUT2D eigenvalue weighted by Gasteiger charge is 2.41. The molecule has 0 aromatic carbocycles. The summed E-state index contributed by atoms with van der Waals surface area (Å²) in [5, 5.41) is -0.173. The molecule has 60 valence electrons. The lowest BCUT2D eigenvalue weighted by atomic mass is 10.2. The molecule has 0 saturated heterocycles. The van der Waals surface area contributed by atoms with Crippen LogP contribution >= 0.6 is 15.9 Å². The summed E-state index contributed by atoms with van der Waals surface area (Å²) in [6.07, 6.45) is -7.72. The van der Waals surface area contributed by atoms with Crippen LogP contribution in [0.3, 0.4) is 0 Å². The Labute approximate surface area is 64.0 Å². The van der Waals surface area contributed by atoms with E-state index in [1.54, 1.807) is 0 Å². The van der Waals surface area contributed by atoms with Gasteiger partial charge in [-0.3, -0.25) is 0 Å². The molecule has 0 saturated carbocycles. The fraction of sp³-hybridized carbons (Fsp3) is 0.600. The van der Waals surface area contributed by atoms with Gasteiger partial charge in [0.2, 0.25) is 6.17 Å². The summed E-state index contributed by atoms with van der Waals surface area (Å²) in [6, 6.07) is 0. The first-order chi connectivity index (χ1) is 4.39. The molecular formula is C5H5BrF4. The molecule has 0 fully saturated rings. The number of allylic oxidation sites excluding steroid dienone is 1. The molecule has 10 heavy (non-hydrogen) atoms. The van der Waals surface area contributed by atoms with Crippen molar-refractivity contribution in [3.8, 4) is 0 Å². The van der Waals surface area contributed by atoms with Crippen molar-refractivity contribution in [1.29, 1.82) is 0 Å². The number of hydrogen-bond acceptors (Lipinski definition) is 0. The summed E-state index contributed by atoms with van der Waals surface area (Å²) in [5.41, 5.74) is -0.507. The number of hydrogen-bond donors (Lipinski definition) is 0. The summed E-state index contributed by atoms with van der Waals surface area (Å²) in [5.74, 6) is 0. The van der Waals surface area contributed by atoms with Crippen LogP contribution in [0.2, 0.25) is 0 Å². The van der Waals surface area contributed by atoms with Gasteiger partial charge < -0.3 is 0 Å². The highest BCUT2D eigenvalue weighted by atomic mass is 79.9. The maximum absolute atomic E-state index is 12.0. The average molecular weight is 221 g/mol. The molecule has 0 aromatic rings. The maximum atomic E-state index is 12.0. The summed E-state index contributed by atoms with van der Waals surface area (Å²) in [6.45, 7) is 2.90. The van der Waals surface area contributed by atoms with Gasteiger partial charge in [-0.25, -0.2) is 4.39 Å².